The van der Waals surface area contributed by atoms with Crippen LogP contribution < -0.4 is 5.56 Å². The van der Waals surface area contributed by atoms with E-state index in [0.29, 0.717) is 26.6 Å². The molecule has 0 aliphatic heterocycles. The average molecular weight is 279 g/mol. The molecule has 90 valence electrons. The Morgan fingerprint density at radius 3 is 2.39 bits per heavy atom. The maximum Gasteiger partial charge on any atom is 0.279 e. The molecule has 3 nitrogen and oxygen atoms in total. The Bertz CT molecular complexity index is 789. The number of para-hydroxylation sites is 2. The molecule has 0 fully saturated rings. The van der Waals surface area contributed by atoms with Crippen molar-refractivity contribution < 1.29 is 0 Å². The van der Waals surface area contributed by atoms with Crippen LogP contribution in [0.2, 0.25) is 10.0 Å². The number of hydrogen-bond donors (Lipinski definition) is 1. The first-order valence-electron chi connectivity index (χ1n) is 5.32. The second-order valence-electron chi connectivity index (χ2n) is 3.87. The number of fused-ring (bicyclic) bond motifs is 1. The molecule has 1 aromatic heterocycles. The van der Waals surface area contributed by atoms with Crippen LogP contribution in [0.4, 0.5) is 0 Å². The highest BCUT2D eigenvalue weighted by Gasteiger charge is 2.11. The quantitative estimate of drug-likeness (QED) is 0.725. The molecule has 0 radical (unpaired) electrons. The third kappa shape index (κ3) is 1.64. The van der Waals surface area contributed by atoms with E-state index in [0.717, 1.165) is 0 Å². The van der Waals surface area contributed by atoms with Crippen LogP contribution in [0.1, 0.15) is 0 Å². The van der Waals surface area contributed by atoms with Gasteiger partial charge in [0, 0.05) is 0 Å². The van der Waals surface area contributed by atoms with E-state index in [1.165, 1.54) is 4.68 Å². The summed E-state index contributed by atoms with van der Waals surface area (Å²) in [5.41, 5.74) is 1.06. The molecule has 1 N–H and O–H groups in total. The van der Waals surface area contributed by atoms with E-state index in [-0.39, 0.29) is 5.56 Å². The first kappa shape index (κ1) is 11.4. The molecular formula is C13H8Cl2N2O. The predicted octanol–water partition coefficient (Wildman–Crippen LogP) is 3.63. The lowest BCUT2D eigenvalue weighted by Gasteiger charge is -2.02. The molecule has 0 bridgehead atoms. The lowest BCUT2D eigenvalue weighted by Crippen LogP contribution is -2.14. The van der Waals surface area contributed by atoms with Crippen LogP contribution in [-0.2, 0) is 0 Å². The van der Waals surface area contributed by atoms with Gasteiger partial charge in [-0.2, -0.15) is 0 Å². The topological polar surface area (TPSA) is 37.8 Å². The van der Waals surface area contributed by atoms with E-state index >= 15 is 0 Å². The molecule has 0 saturated carbocycles. The second-order valence-corrected chi connectivity index (χ2v) is 4.68. The summed E-state index contributed by atoms with van der Waals surface area (Å²) in [4.78, 5) is 12.2. The zero-order valence-electron chi connectivity index (χ0n) is 9.15. The Hall–Kier alpha value is -1.71. The highest BCUT2D eigenvalue weighted by atomic mass is 35.5. The third-order valence-corrected chi connectivity index (χ3v) is 3.40. The van der Waals surface area contributed by atoms with Gasteiger partial charge in [0.15, 0.2) is 0 Å². The molecule has 0 unspecified atom stereocenters. The zero-order valence-corrected chi connectivity index (χ0v) is 10.7. The Balaban J connectivity index is 2.38. The predicted molar refractivity (Wildman–Crippen MR) is 73.9 cm³/mol. The van der Waals surface area contributed by atoms with Crippen LogP contribution in [-0.4, -0.2) is 9.78 Å². The van der Waals surface area contributed by atoms with Crippen molar-refractivity contribution in [3.05, 3.63) is 62.9 Å². The first-order chi connectivity index (χ1) is 8.68. The van der Waals surface area contributed by atoms with Gasteiger partial charge in [-0.1, -0.05) is 41.4 Å². The van der Waals surface area contributed by atoms with Crippen molar-refractivity contribution in [2.75, 3.05) is 0 Å². The van der Waals surface area contributed by atoms with Crippen LogP contribution in [0.5, 0.6) is 0 Å². The van der Waals surface area contributed by atoms with Crippen molar-refractivity contribution in [1.29, 1.82) is 0 Å². The molecule has 0 saturated heterocycles. The lowest BCUT2D eigenvalue weighted by atomic mass is 10.2. The standard InChI is InChI=1S/C13H8Cl2N2O/c14-9-5-1-2-7-11(9)17-13(18)8-4-3-6-10(15)12(8)16-17/h1-7,16H. The lowest BCUT2D eigenvalue weighted by molar-refractivity contribution is 0.864. The molecule has 3 rings (SSSR count). The van der Waals surface area contributed by atoms with Gasteiger partial charge in [-0.05, 0) is 24.3 Å². The number of aromatic nitrogens is 2. The van der Waals surface area contributed by atoms with E-state index in [4.69, 9.17) is 23.2 Å². The van der Waals surface area contributed by atoms with Crippen molar-refractivity contribution >= 4 is 34.1 Å². The van der Waals surface area contributed by atoms with Gasteiger partial charge in [-0.15, -0.1) is 0 Å². The molecular weight excluding hydrogens is 271 g/mol. The molecule has 3 aromatic rings. The maximum atomic E-state index is 12.2. The monoisotopic (exact) mass is 278 g/mol. The molecule has 2 aromatic carbocycles. The third-order valence-electron chi connectivity index (χ3n) is 2.76. The fourth-order valence-electron chi connectivity index (χ4n) is 1.90. The number of aromatic amines is 1. The van der Waals surface area contributed by atoms with Gasteiger partial charge >= 0.3 is 0 Å². The molecule has 0 spiro atoms. The molecule has 0 aliphatic carbocycles. The summed E-state index contributed by atoms with van der Waals surface area (Å²) in [6.07, 6.45) is 0. The Kier molecular flexibility index (Phi) is 2.65. The highest BCUT2D eigenvalue weighted by Crippen LogP contribution is 2.22. The summed E-state index contributed by atoms with van der Waals surface area (Å²) in [7, 11) is 0. The smallest absolute Gasteiger partial charge is 0.279 e. The fraction of sp³-hybridized carbons (Fsp3) is 0. The second kappa shape index (κ2) is 4.19. The molecule has 18 heavy (non-hydrogen) atoms. The van der Waals surface area contributed by atoms with Crippen molar-refractivity contribution in [3.63, 3.8) is 0 Å². The van der Waals surface area contributed by atoms with Crippen molar-refractivity contribution in [1.82, 2.24) is 9.78 Å². The van der Waals surface area contributed by atoms with Crippen LogP contribution in [0.3, 0.4) is 0 Å². The average Bonchev–Trinajstić information content (AvgIpc) is 2.70. The summed E-state index contributed by atoms with van der Waals surface area (Å²) in [6, 6.07) is 12.3. The minimum Gasteiger partial charge on any atom is -0.289 e. The van der Waals surface area contributed by atoms with Gasteiger partial charge in [-0.25, -0.2) is 4.68 Å². The van der Waals surface area contributed by atoms with Gasteiger partial charge in [0.1, 0.15) is 0 Å². The summed E-state index contributed by atoms with van der Waals surface area (Å²) < 4.78 is 1.40. The van der Waals surface area contributed by atoms with Gasteiger partial charge in [0.25, 0.3) is 5.56 Å². The number of nitrogens with zero attached hydrogens (tertiary/aromatic N) is 1. The van der Waals surface area contributed by atoms with Crippen LogP contribution in [0, 0.1) is 0 Å². The van der Waals surface area contributed by atoms with Gasteiger partial charge in [0.2, 0.25) is 0 Å². The normalized spacial score (nSPS) is 11.0. The zero-order chi connectivity index (χ0) is 12.7. The van der Waals surface area contributed by atoms with E-state index in [1.54, 1.807) is 30.3 Å². The SMILES string of the molecule is O=c1c2cccc(Cl)c2[nH]n1-c1ccccc1Cl. The largest absolute Gasteiger partial charge is 0.289 e. The van der Waals surface area contributed by atoms with E-state index in [1.807, 2.05) is 12.1 Å². The summed E-state index contributed by atoms with van der Waals surface area (Å²) in [6.45, 7) is 0. The van der Waals surface area contributed by atoms with E-state index in [9.17, 15) is 4.79 Å². The summed E-state index contributed by atoms with van der Waals surface area (Å²) >= 11 is 12.1. The Morgan fingerprint density at radius 2 is 1.67 bits per heavy atom. The van der Waals surface area contributed by atoms with Gasteiger partial charge in [0.05, 0.1) is 26.6 Å². The van der Waals surface area contributed by atoms with Gasteiger partial charge < -0.3 is 0 Å². The molecule has 0 atom stereocenters. The van der Waals surface area contributed by atoms with Crippen LogP contribution >= 0.6 is 23.2 Å². The van der Waals surface area contributed by atoms with Crippen molar-refractivity contribution in [2.24, 2.45) is 0 Å². The Labute approximate surface area is 113 Å². The number of benzene rings is 2. The molecule has 1 heterocycles. The summed E-state index contributed by atoms with van der Waals surface area (Å²) in [5, 5.41) is 4.53. The van der Waals surface area contributed by atoms with Gasteiger partial charge in [-0.3, -0.25) is 9.89 Å². The van der Waals surface area contributed by atoms with E-state index < -0.39 is 0 Å². The maximum absolute atomic E-state index is 12.2. The first-order valence-corrected chi connectivity index (χ1v) is 6.08. The number of rotatable bonds is 1. The number of H-pyrrole nitrogens is 1. The highest BCUT2D eigenvalue weighted by molar-refractivity contribution is 6.35. The molecule has 5 heteroatoms. The number of hydrogen-bond acceptors (Lipinski definition) is 1. The van der Waals surface area contributed by atoms with Crippen LogP contribution in [0.25, 0.3) is 16.6 Å². The fourth-order valence-corrected chi connectivity index (χ4v) is 2.34. The Morgan fingerprint density at radius 1 is 0.944 bits per heavy atom. The van der Waals surface area contributed by atoms with Crippen molar-refractivity contribution in [3.8, 4) is 5.69 Å². The summed E-state index contributed by atoms with van der Waals surface area (Å²) in [5.74, 6) is 0. The minimum absolute atomic E-state index is 0.166. The van der Waals surface area contributed by atoms with E-state index in [2.05, 4.69) is 5.10 Å². The van der Waals surface area contributed by atoms with Crippen molar-refractivity contribution in [2.45, 2.75) is 0 Å². The van der Waals surface area contributed by atoms with Crippen LogP contribution in [0.15, 0.2) is 47.3 Å². The number of halogens is 2. The molecule has 0 aliphatic rings. The number of nitrogens with one attached hydrogen (secondary N) is 1. The molecule has 0 amide bonds. The minimum atomic E-state index is -0.166.